The zero-order valence-corrected chi connectivity index (χ0v) is 12.3. The highest BCUT2D eigenvalue weighted by atomic mass is 32.1. The molecule has 1 aromatic carbocycles. The maximum atomic E-state index is 12.3. The standard InChI is InChI=1S/C14H22N2OS/c1-4-16(11-7-10-15(2)3)14(17)12-8-5-6-9-13(12)18/h5-6,8-9,18H,4,7,10-11H2,1-3H3. The van der Waals surface area contributed by atoms with Crippen LogP contribution in [0.3, 0.4) is 0 Å². The van der Waals surface area contributed by atoms with Crippen LogP contribution in [-0.4, -0.2) is 49.4 Å². The number of thiol groups is 1. The molecule has 0 unspecified atom stereocenters. The zero-order chi connectivity index (χ0) is 13.5. The van der Waals surface area contributed by atoms with Gasteiger partial charge in [-0.3, -0.25) is 4.79 Å². The lowest BCUT2D eigenvalue weighted by Gasteiger charge is -2.22. The van der Waals surface area contributed by atoms with E-state index >= 15 is 0 Å². The van der Waals surface area contributed by atoms with E-state index in [1.807, 2.05) is 50.2 Å². The van der Waals surface area contributed by atoms with Crippen molar-refractivity contribution in [3.63, 3.8) is 0 Å². The van der Waals surface area contributed by atoms with E-state index in [-0.39, 0.29) is 5.91 Å². The monoisotopic (exact) mass is 266 g/mol. The Bertz CT molecular complexity index is 393. The number of amides is 1. The highest BCUT2D eigenvalue weighted by Crippen LogP contribution is 2.15. The summed E-state index contributed by atoms with van der Waals surface area (Å²) in [6.07, 6.45) is 0.987. The van der Waals surface area contributed by atoms with Crippen LogP contribution < -0.4 is 0 Å². The Labute approximate surface area is 115 Å². The molecular formula is C14H22N2OS. The molecule has 0 atom stereocenters. The van der Waals surface area contributed by atoms with Crippen LogP contribution in [0.2, 0.25) is 0 Å². The van der Waals surface area contributed by atoms with Gasteiger partial charge in [0.05, 0.1) is 5.56 Å². The Hall–Kier alpha value is -1.00. The molecule has 0 saturated heterocycles. The van der Waals surface area contributed by atoms with Crippen LogP contribution >= 0.6 is 12.6 Å². The van der Waals surface area contributed by atoms with Crippen molar-refractivity contribution in [2.45, 2.75) is 18.2 Å². The van der Waals surface area contributed by atoms with Gasteiger partial charge in [0.2, 0.25) is 0 Å². The molecule has 0 spiro atoms. The van der Waals surface area contributed by atoms with Crippen molar-refractivity contribution in [2.24, 2.45) is 0 Å². The van der Waals surface area contributed by atoms with Crippen LogP contribution in [0, 0.1) is 0 Å². The van der Waals surface area contributed by atoms with Crippen molar-refractivity contribution < 1.29 is 4.79 Å². The van der Waals surface area contributed by atoms with Crippen molar-refractivity contribution in [3.8, 4) is 0 Å². The largest absolute Gasteiger partial charge is 0.339 e. The van der Waals surface area contributed by atoms with Gasteiger partial charge in [-0.15, -0.1) is 12.6 Å². The van der Waals surface area contributed by atoms with Crippen LogP contribution in [0.1, 0.15) is 23.7 Å². The quantitative estimate of drug-likeness (QED) is 0.799. The lowest BCUT2D eigenvalue weighted by molar-refractivity contribution is 0.0756. The molecule has 4 heteroatoms. The normalized spacial score (nSPS) is 10.7. The molecule has 0 aliphatic heterocycles. The van der Waals surface area contributed by atoms with Crippen LogP contribution in [0.5, 0.6) is 0 Å². The first-order valence-corrected chi connectivity index (χ1v) is 6.73. The minimum absolute atomic E-state index is 0.0712. The van der Waals surface area contributed by atoms with E-state index in [1.165, 1.54) is 0 Å². The lowest BCUT2D eigenvalue weighted by atomic mass is 10.2. The molecule has 1 amide bonds. The fourth-order valence-electron chi connectivity index (χ4n) is 1.81. The molecule has 0 bridgehead atoms. The van der Waals surface area contributed by atoms with E-state index < -0.39 is 0 Å². The summed E-state index contributed by atoms with van der Waals surface area (Å²) in [5.74, 6) is 0.0712. The third kappa shape index (κ3) is 4.35. The molecule has 3 nitrogen and oxygen atoms in total. The van der Waals surface area contributed by atoms with Gasteiger partial charge in [0.25, 0.3) is 5.91 Å². The molecule has 1 aromatic rings. The van der Waals surface area contributed by atoms with E-state index in [2.05, 4.69) is 17.5 Å². The molecule has 0 aliphatic carbocycles. The summed E-state index contributed by atoms with van der Waals surface area (Å²) >= 11 is 4.34. The molecule has 18 heavy (non-hydrogen) atoms. The first-order valence-electron chi connectivity index (χ1n) is 6.28. The van der Waals surface area contributed by atoms with Gasteiger partial charge in [-0.25, -0.2) is 0 Å². The molecule has 0 aromatic heterocycles. The number of carbonyl (C=O) groups is 1. The second-order valence-corrected chi connectivity index (χ2v) is 5.04. The Kier molecular flexibility index (Phi) is 6.22. The number of rotatable bonds is 6. The Morgan fingerprint density at radius 3 is 2.44 bits per heavy atom. The van der Waals surface area contributed by atoms with E-state index in [4.69, 9.17) is 0 Å². The second-order valence-electron chi connectivity index (χ2n) is 4.56. The van der Waals surface area contributed by atoms with Gasteiger partial charge in [0.1, 0.15) is 0 Å². The van der Waals surface area contributed by atoms with Crippen molar-refractivity contribution in [2.75, 3.05) is 33.7 Å². The number of nitrogens with zero attached hydrogens (tertiary/aromatic N) is 2. The first kappa shape index (κ1) is 15.1. The summed E-state index contributed by atoms with van der Waals surface area (Å²) in [5, 5.41) is 0. The van der Waals surface area contributed by atoms with Gasteiger partial charge in [0, 0.05) is 18.0 Å². The average Bonchev–Trinajstić information content (AvgIpc) is 2.34. The maximum absolute atomic E-state index is 12.3. The zero-order valence-electron chi connectivity index (χ0n) is 11.4. The van der Waals surface area contributed by atoms with E-state index in [0.717, 1.165) is 31.0 Å². The van der Waals surface area contributed by atoms with Gasteiger partial charge in [-0.05, 0) is 46.1 Å². The first-order chi connectivity index (χ1) is 8.56. The third-order valence-corrected chi connectivity index (χ3v) is 3.23. The molecule has 0 saturated carbocycles. The van der Waals surface area contributed by atoms with E-state index in [0.29, 0.717) is 5.56 Å². The predicted molar refractivity (Wildman–Crippen MR) is 78.4 cm³/mol. The molecule has 0 heterocycles. The summed E-state index contributed by atoms with van der Waals surface area (Å²) in [5.41, 5.74) is 0.688. The van der Waals surface area contributed by atoms with Crippen molar-refractivity contribution in [1.29, 1.82) is 0 Å². The number of carbonyl (C=O) groups excluding carboxylic acids is 1. The van der Waals surface area contributed by atoms with Gasteiger partial charge in [0.15, 0.2) is 0 Å². The second kappa shape index (κ2) is 7.44. The summed E-state index contributed by atoms with van der Waals surface area (Å²) in [7, 11) is 4.09. The number of hydrogen-bond acceptors (Lipinski definition) is 3. The average molecular weight is 266 g/mol. The Morgan fingerprint density at radius 2 is 1.89 bits per heavy atom. The topological polar surface area (TPSA) is 23.6 Å². The van der Waals surface area contributed by atoms with Gasteiger partial charge < -0.3 is 9.80 Å². The van der Waals surface area contributed by atoms with Gasteiger partial charge in [-0.2, -0.15) is 0 Å². The predicted octanol–water partition coefficient (Wildman–Crippen LogP) is 2.39. The molecule has 0 aliphatic rings. The van der Waals surface area contributed by atoms with E-state index in [1.54, 1.807) is 0 Å². The minimum Gasteiger partial charge on any atom is -0.339 e. The SMILES string of the molecule is CCN(CCCN(C)C)C(=O)c1ccccc1S. The van der Waals surface area contributed by atoms with Crippen LogP contribution in [-0.2, 0) is 0 Å². The fraction of sp³-hybridized carbons (Fsp3) is 0.500. The highest BCUT2D eigenvalue weighted by Gasteiger charge is 2.15. The summed E-state index contributed by atoms with van der Waals surface area (Å²) in [6, 6.07) is 7.45. The van der Waals surface area contributed by atoms with Crippen LogP contribution in [0.15, 0.2) is 29.2 Å². The fourth-order valence-corrected chi connectivity index (χ4v) is 2.06. The molecule has 100 valence electrons. The van der Waals surface area contributed by atoms with Crippen LogP contribution in [0.4, 0.5) is 0 Å². The molecule has 0 fully saturated rings. The van der Waals surface area contributed by atoms with E-state index in [9.17, 15) is 4.79 Å². The summed E-state index contributed by atoms with van der Waals surface area (Å²) in [4.78, 5) is 17.1. The molecule has 0 radical (unpaired) electrons. The Morgan fingerprint density at radius 1 is 1.22 bits per heavy atom. The number of hydrogen-bond donors (Lipinski definition) is 1. The number of benzene rings is 1. The summed E-state index contributed by atoms with van der Waals surface area (Å²) in [6.45, 7) is 4.52. The lowest BCUT2D eigenvalue weighted by Crippen LogP contribution is -2.33. The maximum Gasteiger partial charge on any atom is 0.254 e. The minimum atomic E-state index is 0.0712. The van der Waals surface area contributed by atoms with Gasteiger partial charge >= 0.3 is 0 Å². The van der Waals surface area contributed by atoms with Crippen molar-refractivity contribution in [3.05, 3.63) is 29.8 Å². The van der Waals surface area contributed by atoms with Crippen molar-refractivity contribution in [1.82, 2.24) is 9.80 Å². The molecule has 1 rings (SSSR count). The molecular weight excluding hydrogens is 244 g/mol. The highest BCUT2D eigenvalue weighted by molar-refractivity contribution is 7.80. The van der Waals surface area contributed by atoms with Crippen LogP contribution in [0.25, 0.3) is 0 Å². The Balaban J connectivity index is 2.65. The third-order valence-electron chi connectivity index (χ3n) is 2.84. The van der Waals surface area contributed by atoms with Crippen molar-refractivity contribution >= 4 is 18.5 Å². The smallest absolute Gasteiger partial charge is 0.254 e. The van der Waals surface area contributed by atoms with Gasteiger partial charge in [-0.1, -0.05) is 12.1 Å². The molecule has 0 N–H and O–H groups in total. The summed E-state index contributed by atoms with van der Waals surface area (Å²) < 4.78 is 0.